The molecule has 0 saturated carbocycles. The van der Waals surface area contributed by atoms with Gasteiger partial charge in [0.25, 0.3) is 0 Å². The highest BCUT2D eigenvalue weighted by Crippen LogP contribution is 2.03. The standard InChI is InChI=1S/C5H7BNO4/c8-4-2-1-3-7-5(4)6(9,10)11/h1-3,8-11H/q-1. The minimum atomic E-state index is -3.69. The molecule has 0 saturated heterocycles. The van der Waals surface area contributed by atoms with Crippen molar-refractivity contribution in [1.29, 1.82) is 0 Å². The zero-order chi connectivity index (χ0) is 8.48. The summed E-state index contributed by atoms with van der Waals surface area (Å²) in [6.07, 6.45) is 1.23. The summed E-state index contributed by atoms with van der Waals surface area (Å²) in [5.74, 6) is -0.444. The summed E-state index contributed by atoms with van der Waals surface area (Å²) < 4.78 is 0. The van der Waals surface area contributed by atoms with E-state index in [4.69, 9.17) is 20.2 Å². The SMILES string of the molecule is Oc1cccnc1[B-](O)(O)O. The molecule has 0 unspecified atom stereocenters. The van der Waals surface area contributed by atoms with E-state index < -0.39 is 18.1 Å². The monoisotopic (exact) mass is 156 g/mol. The molecule has 0 aromatic carbocycles. The lowest BCUT2D eigenvalue weighted by Gasteiger charge is -2.20. The van der Waals surface area contributed by atoms with Crippen LogP contribution in [0.3, 0.4) is 0 Å². The van der Waals surface area contributed by atoms with E-state index in [-0.39, 0.29) is 0 Å². The third-order valence-corrected chi connectivity index (χ3v) is 1.18. The molecule has 0 aliphatic rings. The highest BCUT2D eigenvalue weighted by Gasteiger charge is 2.22. The van der Waals surface area contributed by atoms with Crippen molar-refractivity contribution in [2.45, 2.75) is 0 Å². The normalized spacial score (nSPS) is 11.5. The van der Waals surface area contributed by atoms with Gasteiger partial charge in [-0.1, -0.05) is 0 Å². The van der Waals surface area contributed by atoms with Gasteiger partial charge in [0.05, 0.1) is 0 Å². The summed E-state index contributed by atoms with van der Waals surface area (Å²) in [5.41, 5.74) is -0.521. The van der Waals surface area contributed by atoms with E-state index >= 15 is 0 Å². The smallest absolute Gasteiger partial charge is 0.424 e. The van der Waals surface area contributed by atoms with Crippen molar-refractivity contribution >= 4 is 12.3 Å². The Morgan fingerprint density at radius 1 is 1.27 bits per heavy atom. The molecule has 1 heterocycles. The summed E-state index contributed by atoms with van der Waals surface area (Å²) >= 11 is 0. The van der Waals surface area contributed by atoms with E-state index in [9.17, 15) is 0 Å². The van der Waals surface area contributed by atoms with Crippen LogP contribution in [0, 0.1) is 0 Å². The first-order chi connectivity index (χ1) is 5.02. The van der Waals surface area contributed by atoms with Gasteiger partial charge in [0.2, 0.25) is 0 Å². The van der Waals surface area contributed by atoms with Crippen LogP contribution in [-0.2, 0) is 0 Å². The van der Waals surface area contributed by atoms with Crippen molar-refractivity contribution in [2.24, 2.45) is 0 Å². The van der Waals surface area contributed by atoms with Gasteiger partial charge < -0.3 is 20.2 Å². The lowest BCUT2D eigenvalue weighted by atomic mass is 9.75. The molecule has 1 aromatic heterocycles. The number of rotatable bonds is 1. The minimum absolute atomic E-state index is 0.444. The van der Waals surface area contributed by atoms with Crippen molar-refractivity contribution in [3.05, 3.63) is 18.3 Å². The molecule has 60 valence electrons. The van der Waals surface area contributed by atoms with Gasteiger partial charge in [-0.2, -0.15) is 0 Å². The molecular formula is C5H7BNO4-. The Labute approximate surface area is 62.6 Å². The van der Waals surface area contributed by atoms with Crippen LogP contribution in [0.1, 0.15) is 0 Å². The molecule has 0 bridgehead atoms. The molecule has 5 nitrogen and oxygen atoms in total. The molecular weight excluding hydrogens is 149 g/mol. The Hall–Kier alpha value is -1.11. The predicted octanol–water partition coefficient (Wildman–Crippen LogP) is -2.09. The average molecular weight is 156 g/mol. The van der Waals surface area contributed by atoms with E-state index in [1.807, 2.05) is 0 Å². The Kier molecular flexibility index (Phi) is 1.82. The van der Waals surface area contributed by atoms with E-state index in [1.54, 1.807) is 0 Å². The summed E-state index contributed by atoms with van der Waals surface area (Å²) in [7, 11) is 0. The summed E-state index contributed by atoms with van der Waals surface area (Å²) in [6.45, 7) is -3.69. The second kappa shape index (κ2) is 2.50. The van der Waals surface area contributed by atoms with Crippen molar-refractivity contribution in [3.8, 4) is 5.75 Å². The molecule has 0 aliphatic carbocycles. The van der Waals surface area contributed by atoms with Crippen LogP contribution in [0.4, 0.5) is 0 Å². The van der Waals surface area contributed by atoms with Crippen LogP contribution in [0.25, 0.3) is 0 Å². The molecule has 0 aliphatic heterocycles. The third kappa shape index (κ3) is 1.67. The number of aromatic hydroxyl groups is 1. The van der Waals surface area contributed by atoms with E-state index in [0.29, 0.717) is 0 Å². The maximum absolute atomic E-state index is 8.92. The molecule has 0 radical (unpaired) electrons. The van der Waals surface area contributed by atoms with Crippen LogP contribution in [-0.4, -0.2) is 31.9 Å². The molecule has 4 N–H and O–H groups in total. The fourth-order valence-corrected chi connectivity index (χ4v) is 0.707. The first-order valence-electron chi connectivity index (χ1n) is 2.97. The molecule has 1 rings (SSSR count). The zero-order valence-electron chi connectivity index (χ0n) is 5.55. The molecule has 0 amide bonds. The van der Waals surface area contributed by atoms with Crippen molar-refractivity contribution in [3.63, 3.8) is 0 Å². The lowest BCUT2D eigenvalue weighted by molar-refractivity contribution is 0.246. The van der Waals surface area contributed by atoms with E-state index in [0.717, 1.165) is 0 Å². The van der Waals surface area contributed by atoms with Crippen LogP contribution >= 0.6 is 0 Å². The summed E-state index contributed by atoms with van der Waals surface area (Å²) in [6, 6.07) is 2.60. The number of hydrogen-bond acceptors (Lipinski definition) is 5. The predicted molar refractivity (Wildman–Crippen MR) is 37.9 cm³/mol. The van der Waals surface area contributed by atoms with Gasteiger partial charge in [-0.05, 0) is 12.1 Å². The topological polar surface area (TPSA) is 93.8 Å². The number of hydrogen-bond donors (Lipinski definition) is 4. The largest absolute Gasteiger partial charge is 0.555 e. The minimum Gasteiger partial charge on any atom is -0.555 e. The number of pyridine rings is 1. The van der Waals surface area contributed by atoms with Crippen LogP contribution in [0.5, 0.6) is 5.75 Å². The lowest BCUT2D eigenvalue weighted by Crippen LogP contribution is -2.50. The fourth-order valence-electron chi connectivity index (χ4n) is 0.707. The Morgan fingerprint density at radius 2 is 1.91 bits per heavy atom. The molecule has 0 fully saturated rings. The maximum atomic E-state index is 8.92. The van der Waals surface area contributed by atoms with Crippen LogP contribution in [0.15, 0.2) is 18.3 Å². The van der Waals surface area contributed by atoms with Crippen molar-refractivity contribution < 1.29 is 20.2 Å². The second-order valence-corrected chi connectivity index (χ2v) is 2.14. The van der Waals surface area contributed by atoms with Gasteiger partial charge in [0.15, 0.2) is 0 Å². The van der Waals surface area contributed by atoms with Crippen LogP contribution in [0.2, 0.25) is 0 Å². The van der Waals surface area contributed by atoms with Crippen LogP contribution < -0.4 is 5.59 Å². The maximum Gasteiger partial charge on any atom is 0.424 e. The Balaban J connectivity index is 3.14. The van der Waals surface area contributed by atoms with Crippen molar-refractivity contribution in [1.82, 2.24) is 4.98 Å². The van der Waals surface area contributed by atoms with E-state index in [1.165, 1.54) is 18.3 Å². The van der Waals surface area contributed by atoms with Gasteiger partial charge >= 0.3 is 6.75 Å². The van der Waals surface area contributed by atoms with Gasteiger partial charge in [-0.15, -0.1) is 0 Å². The first kappa shape index (κ1) is 8.00. The first-order valence-corrected chi connectivity index (χ1v) is 2.97. The van der Waals surface area contributed by atoms with Gasteiger partial charge in [0, 0.05) is 11.8 Å². The van der Waals surface area contributed by atoms with E-state index in [2.05, 4.69) is 4.98 Å². The van der Waals surface area contributed by atoms with Gasteiger partial charge in [-0.25, -0.2) is 0 Å². The molecule has 0 spiro atoms. The summed E-state index contributed by atoms with van der Waals surface area (Å²) in [4.78, 5) is 3.38. The quantitative estimate of drug-likeness (QED) is 0.350. The number of aromatic nitrogens is 1. The van der Waals surface area contributed by atoms with Gasteiger partial charge in [-0.3, -0.25) is 4.98 Å². The number of nitrogens with zero attached hydrogens (tertiary/aromatic N) is 1. The second-order valence-electron chi connectivity index (χ2n) is 2.14. The van der Waals surface area contributed by atoms with Crippen molar-refractivity contribution in [2.75, 3.05) is 0 Å². The molecule has 6 heteroatoms. The zero-order valence-corrected chi connectivity index (χ0v) is 5.55. The summed E-state index contributed by atoms with van der Waals surface area (Å²) in [5, 5.41) is 34.8. The fraction of sp³-hybridized carbons (Fsp3) is 0. The molecule has 0 atom stereocenters. The average Bonchev–Trinajstić information content (AvgIpc) is 1.86. The Bertz CT molecular complexity index is 259. The molecule has 1 aromatic rings. The highest BCUT2D eigenvalue weighted by molar-refractivity contribution is 6.71. The Morgan fingerprint density at radius 3 is 2.27 bits per heavy atom. The van der Waals surface area contributed by atoms with Gasteiger partial charge in [0.1, 0.15) is 5.75 Å². The highest BCUT2D eigenvalue weighted by atomic mass is 16.5. The molecule has 11 heavy (non-hydrogen) atoms. The third-order valence-electron chi connectivity index (χ3n) is 1.18.